The van der Waals surface area contributed by atoms with Gasteiger partial charge in [-0.1, -0.05) is 0 Å². The van der Waals surface area contributed by atoms with Gasteiger partial charge in [0.25, 0.3) is 0 Å². The van der Waals surface area contributed by atoms with Gasteiger partial charge >= 0.3 is 0 Å². The summed E-state index contributed by atoms with van der Waals surface area (Å²) < 4.78 is 0. The molecule has 7 unspecified atom stereocenters. The standard InChI is InChI=1S/C9H9ClO/c10-8-3-1-2-4-5(3)7(4)9(11)6(2)8/h2-8H,1H2. The predicted octanol–water partition coefficient (Wildman–Crippen LogP) is 1.30. The van der Waals surface area contributed by atoms with E-state index < -0.39 is 0 Å². The zero-order valence-corrected chi connectivity index (χ0v) is 6.79. The smallest absolute Gasteiger partial charge is 0.141 e. The van der Waals surface area contributed by atoms with E-state index in [-0.39, 0.29) is 5.38 Å². The maximum atomic E-state index is 11.6. The van der Waals surface area contributed by atoms with E-state index in [9.17, 15) is 4.79 Å². The van der Waals surface area contributed by atoms with Crippen molar-refractivity contribution >= 4 is 17.4 Å². The summed E-state index contributed by atoms with van der Waals surface area (Å²) in [6.07, 6.45) is 1.27. The molecule has 0 saturated heterocycles. The Morgan fingerprint density at radius 2 is 1.91 bits per heavy atom. The summed E-state index contributed by atoms with van der Waals surface area (Å²) in [6, 6.07) is 0. The number of Topliss-reactive ketones (excluding diaryl/α,β-unsaturated/α-hetero) is 1. The highest BCUT2D eigenvalue weighted by atomic mass is 35.5. The molecule has 4 rings (SSSR count). The Labute approximate surface area is 70.1 Å². The average Bonchev–Trinajstić information content (AvgIpc) is 2.42. The number of rotatable bonds is 0. The van der Waals surface area contributed by atoms with Crippen LogP contribution in [0.1, 0.15) is 6.42 Å². The van der Waals surface area contributed by atoms with Crippen molar-refractivity contribution in [2.45, 2.75) is 11.8 Å². The van der Waals surface area contributed by atoms with Crippen LogP contribution >= 0.6 is 11.6 Å². The molecule has 0 aromatic carbocycles. The molecule has 1 nitrogen and oxygen atoms in total. The summed E-state index contributed by atoms with van der Waals surface area (Å²) >= 11 is 6.19. The first-order valence-corrected chi connectivity index (χ1v) is 4.92. The number of hydrogen-bond donors (Lipinski definition) is 0. The molecule has 58 valence electrons. The highest BCUT2D eigenvalue weighted by Gasteiger charge is 2.80. The van der Waals surface area contributed by atoms with Crippen molar-refractivity contribution < 1.29 is 4.79 Å². The topological polar surface area (TPSA) is 17.1 Å². The molecule has 0 spiro atoms. The molecule has 4 saturated carbocycles. The van der Waals surface area contributed by atoms with Crippen LogP contribution in [0.2, 0.25) is 0 Å². The van der Waals surface area contributed by atoms with Crippen molar-refractivity contribution in [1.29, 1.82) is 0 Å². The van der Waals surface area contributed by atoms with Crippen LogP contribution in [-0.4, -0.2) is 11.2 Å². The fourth-order valence-electron chi connectivity index (χ4n) is 4.29. The fourth-order valence-corrected chi connectivity index (χ4v) is 4.87. The van der Waals surface area contributed by atoms with Crippen LogP contribution in [0.3, 0.4) is 0 Å². The lowest BCUT2D eigenvalue weighted by atomic mass is 9.84. The van der Waals surface area contributed by atoms with Crippen molar-refractivity contribution in [3.8, 4) is 0 Å². The molecule has 0 heterocycles. The Kier molecular flexibility index (Phi) is 0.651. The third kappa shape index (κ3) is 0.358. The number of carbonyl (C=O) groups is 1. The summed E-state index contributed by atoms with van der Waals surface area (Å²) in [7, 11) is 0. The number of halogens is 1. The molecule has 2 bridgehead atoms. The van der Waals surface area contributed by atoms with Gasteiger partial charge in [-0.15, -0.1) is 11.6 Å². The molecule has 0 aromatic rings. The summed E-state index contributed by atoms with van der Waals surface area (Å²) in [5, 5.41) is 0.229. The van der Waals surface area contributed by atoms with E-state index in [1.54, 1.807) is 0 Å². The lowest BCUT2D eigenvalue weighted by Gasteiger charge is -2.25. The van der Waals surface area contributed by atoms with Gasteiger partial charge in [0.2, 0.25) is 0 Å². The van der Waals surface area contributed by atoms with E-state index in [1.165, 1.54) is 6.42 Å². The number of ketones is 1. The van der Waals surface area contributed by atoms with E-state index in [4.69, 9.17) is 11.6 Å². The summed E-state index contributed by atoms with van der Waals surface area (Å²) in [4.78, 5) is 11.6. The minimum absolute atomic E-state index is 0.229. The zero-order chi connectivity index (χ0) is 7.33. The quantitative estimate of drug-likeness (QED) is 0.499. The van der Waals surface area contributed by atoms with Crippen LogP contribution in [0.5, 0.6) is 0 Å². The molecule has 0 amide bonds. The van der Waals surface area contributed by atoms with Gasteiger partial charge in [-0.05, 0) is 30.1 Å². The number of alkyl halides is 1. The largest absolute Gasteiger partial charge is 0.299 e. The third-order valence-corrected chi connectivity index (χ3v) is 5.13. The van der Waals surface area contributed by atoms with Gasteiger partial charge in [-0.2, -0.15) is 0 Å². The van der Waals surface area contributed by atoms with Gasteiger partial charge in [0.05, 0.1) is 0 Å². The zero-order valence-electron chi connectivity index (χ0n) is 6.03. The molecular formula is C9H9ClO. The van der Waals surface area contributed by atoms with Crippen LogP contribution in [-0.2, 0) is 4.79 Å². The van der Waals surface area contributed by atoms with E-state index in [1.807, 2.05) is 0 Å². The van der Waals surface area contributed by atoms with Crippen LogP contribution in [0.25, 0.3) is 0 Å². The Bertz CT molecular complexity index is 273. The summed E-state index contributed by atoms with van der Waals surface area (Å²) in [5.41, 5.74) is 0. The molecule has 4 fully saturated rings. The summed E-state index contributed by atoms with van der Waals surface area (Å²) in [5.74, 6) is 4.34. The molecular weight excluding hydrogens is 160 g/mol. The van der Waals surface area contributed by atoms with E-state index >= 15 is 0 Å². The second-order valence-electron chi connectivity index (χ2n) is 4.62. The monoisotopic (exact) mass is 168 g/mol. The molecule has 4 aliphatic carbocycles. The minimum atomic E-state index is 0.229. The van der Waals surface area contributed by atoms with Gasteiger partial charge in [0.1, 0.15) is 5.78 Å². The van der Waals surface area contributed by atoms with E-state index in [0.29, 0.717) is 17.6 Å². The molecule has 0 aromatic heterocycles. The van der Waals surface area contributed by atoms with Gasteiger partial charge < -0.3 is 0 Å². The van der Waals surface area contributed by atoms with E-state index in [0.717, 1.165) is 23.7 Å². The summed E-state index contributed by atoms with van der Waals surface area (Å²) in [6.45, 7) is 0. The van der Waals surface area contributed by atoms with Crippen LogP contribution in [0.15, 0.2) is 0 Å². The molecule has 4 aliphatic rings. The van der Waals surface area contributed by atoms with Gasteiger partial charge in [0, 0.05) is 17.2 Å². The van der Waals surface area contributed by atoms with Crippen molar-refractivity contribution in [3.05, 3.63) is 0 Å². The fraction of sp³-hybridized carbons (Fsp3) is 0.889. The number of carbonyl (C=O) groups excluding carboxylic acids is 1. The first kappa shape index (κ1) is 5.58. The highest BCUT2D eigenvalue weighted by Crippen LogP contribution is 2.78. The Morgan fingerprint density at radius 3 is 2.45 bits per heavy atom. The minimum Gasteiger partial charge on any atom is -0.299 e. The number of hydrogen-bond acceptors (Lipinski definition) is 1. The van der Waals surface area contributed by atoms with E-state index in [2.05, 4.69) is 0 Å². The third-order valence-electron chi connectivity index (χ3n) is 4.54. The Morgan fingerprint density at radius 1 is 1.18 bits per heavy atom. The van der Waals surface area contributed by atoms with Crippen molar-refractivity contribution in [2.24, 2.45) is 35.5 Å². The molecule has 0 N–H and O–H groups in total. The Balaban J connectivity index is 1.97. The molecule has 0 radical (unpaired) electrons. The van der Waals surface area contributed by atoms with Crippen molar-refractivity contribution in [2.75, 3.05) is 0 Å². The second kappa shape index (κ2) is 1.28. The van der Waals surface area contributed by atoms with Gasteiger partial charge in [0.15, 0.2) is 0 Å². The average molecular weight is 169 g/mol. The predicted molar refractivity (Wildman–Crippen MR) is 40.2 cm³/mol. The molecule has 0 aliphatic heterocycles. The second-order valence-corrected chi connectivity index (χ2v) is 5.12. The highest BCUT2D eigenvalue weighted by molar-refractivity contribution is 6.24. The Hall–Kier alpha value is -0.0400. The first-order chi connectivity index (χ1) is 5.30. The molecule has 11 heavy (non-hydrogen) atoms. The lowest BCUT2D eigenvalue weighted by Crippen LogP contribution is -2.33. The first-order valence-electron chi connectivity index (χ1n) is 4.48. The lowest BCUT2D eigenvalue weighted by molar-refractivity contribution is -0.124. The van der Waals surface area contributed by atoms with Gasteiger partial charge in [-0.25, -0.2) is 0 Å². The van der Waals surface area contributed by atoms with Crippen molar-refractivity contribution in [3.63, 3.8) is 0 Å². The maximum Gasteiger partial charge on any atom is 0.141 e. The van der Waals surface area contributed by atoms with Crippen molar-refractivity contribution in [1.82, 2.24) is 0 Å². The molecule has 2 heteroatoms. The van der Waals surface area contributed by atoms with Gasteiger partial charge in [-0.3, -0.25) is 4.79 Å². The van der Waals surface area contributed by atoms with Crippen LogP contribution in [0, 0.1) is 35.5 Å². The van der Waals surface area contributed by atoms with Crippen LogP contribution in [0.4, 0.5) is 0 Å². The number of fused-ring (bicyclic) bond motifs is 3. The normalized spacial score (nSPS) is 74.6. The SMILES string of the molecule is O=C1C2C(Cl)C3CC2C2C1C32. The maximum absolute atomic E-state index is 11.6. The molecule has 7 atom stereocenters. The van der Waals surface area contributed by atoms with Crippen LogP contribution < -0.4 is 0 Å².